The lowest BCUT2D eigenvalue weighted by atomic mass is 10.1. The SMILES string of the molecule is O=C(O)CCCC(=O)c1ccc(F)c(Cl)c1. The Kier molecular flexibility index (Phi) is 4.43. The molecule has 1 rings (SSSR count). The number of rotatable bonds is 5. The molecule has 0 amide bonds. The van der Waals surface area contributed by atoms with Crippen LogP contribution in [-0.4, -0.2) is 16.9 Å². The maximum absolute atomic E-state index is 12.8. The summed E-state index contributed by atoms with van der Waals surface area (Å²) in [6.45, 7) is 0. The van der Waals surface area contributed by atoms with E-state index in [0.29, 0.717) is 5.56 Å². The molecule has 1 aromatic carbocycles. The molecular weight excluding hydrogens is 235 g/mol. The molecule has 0 saturated heterocycles. The number of benzene rings is 1. The molecule has 16 heavy (non-hydrogen) atoms. The molecule has 3 nitrogen and oxygen atoms in total. The van der Waals surface area contributed by atoms with Crippen LogP contribution < -0.4 is 0 Å². The van der Waals surface area contributed by atoms with Gasteiger partial charge in [0.2, 0.25) is 0 Å². The third-order valence-electron chi connectivity index (χ3n) is 2.04. The second-order valence-corrected chi connectivity index (χ2v) is 3.71. The highest BCUT2D eigenvalue weighted by Gasteiger charge is 2.09. The van der Waals surface area contributed by atoms with Crippen molar-refractivity contribution in [3.8, 4) is 0 Å². The summed E-state index contributed by atoms with van der Waals surface area (Å²) < 4.78 is 12.8. The first-order chi connectivity index (χ1) is 7.50. The number of carbonyl (C=O) groups is 2. The maximum Gasteiger partial charge on any atom is 0.303 e. The first-order valence-corrected chi connectivity index (χ1v) is 5.08. The van der Waals surface area contributed by atoms with Gasteiger partial charge in [-0.3, -0.25) is 9.59 Å². The highest BCUT2D eigenvalue weighted by atomic mass is 35.5. The molecule has 0 unspecified atom stereocenters. The zero-order valence-electron chi connectivity index (χ0n) is 8.37. The molecule has 1 N–H and O–H groups in total. The van der Waals surface area contributed by atoms with E-state index in [4.69, 9.17) is 16.7 Å². The van der Waals surface area contributed by atoms with Crippen molar-refractivity contribution in [3.63, 3.8) is 0 Å². The van der Waals surface area contributed by atoms with Crippen LogP contribution in [0, 0.1) is 5.82 Å². The molecular formula is C11H10ClFO3. The quantitative estimate of drug-likeness (QED) is 0.811. The van der Waals surface area contributed by atoms with Crippen LogP contribution >= 0.6 is 11.6 Å². The second-order valence-electron chi connectivity index (χ2n) is 3.30. The minimum atomic E-state index is -0.940. The van der Waals surface area contributed by atoms with Crippen LogP contribution in [-0.2, 0) is 4.79 Å². The standard InChI is InChI=1S/C11H10ClFO3/c12-8-6-7(4-5-9(8)13)10(14)2-1-3-11(15)16/h4-6H,1-3H2,(H,15,16). The van der Waals surface area contributed by atoms with Gasteiger partial charge in [0.05, 0.1) is 5.02 Å². The van der Waals surface area contributed by atoms with Gasteiger partial charge in [0.1, 0.15) is 5.82 Å². The Balaban J connectivity index is 2.59. The summed E-state index contributed by atoms with van der Waals surface area (Å²) in [6, 6.07) is 3.71. The van der Waals surface area contributed by atoms with Gasteiger partial charge in [-0.05, 0) is 24.6 Å². The van der Waals surface area contributed by atoms with Gasteiger partial charge in [-0.25, -0.2) is 4.39 Å². The number of halogens is 2. The van der Waals surface area contributed by atoms with Crippen LogP contribution in [0.2, 0.25) is 5.02 Å². The highest BCUT2D eigenvalue weighted by Crippen LogP contribution is 2.17. The van der Waals surface area contributed by atoms with E-state index in [-0.39, 0.29) is 30.1 Å². The van der Waals surface area contributed by atoms with Gasteiger partial charge in [0, 0.05) is 18.4 Å². The van der Waals surface area contributed by atoms with E-state index in [1.165, 1.54) is 12.1 Å². The number of ketones is 1. The number of aliphatic carboxylic acids is 1. The van der Waals surface area contributed by atoms with Crippen LogP contribution in [0.3, 0.4) is 0 Å². The van der Waals surface area contributed by atoms with Crippen LogP contribution in [0.4, 0.5) is 4.39 Å². The lowest BCUT2D eigenvalue weighted by molar-refractivity contribution is -0.137. The third-order valence-corrected chi connectivity index (χ3v) is 2.33. The van der Waals surface area contributed by atoms with Crippen LogP contribution in [0.15, 0.2) is 18.2 Å². The van der Waals surface area contributed by atoms with Crippen molar-refractivity contribution in [2.75, 3.05) is 0 Å². The monoisotopic (exact) mass is 244 g/mol. The van der Waals surface area contributed by atoms with Gasteiger partial charge in [-0.1, -0.05) is 11.6 Å². The van der Waals surface area contributed by atoms with Gasteiger partial charge in [-0.15, -0.1) is 0 Å². The molecule has 0 fully saturated rings. The Morgan fingerprint density at radius 3 is 2.56 bits per heavy atom. The molecule has 0 bridgehead atoms. The zero-order chi connectivity index (χ0) is 12.1. The van der Waals surface area contributed by atoms with Crippen molar-refractivity contribution in [2.45, 2.75) is 19.3 Å². The van der Waals surface area contributed by atoms with Crippen molar-refractivity contribution in [1.29, 1.82) is 0 Å². The molecule has 0 aromatic heterocycles. The zero-order valence-corrected chi connectivity index (χ0v) is 9.13. The van der Waals surface area contributed by atoms with E-state index in [2.05, 4.69) is 0 Å². The summed E-state index contributed by atoms with van der Waals surface area (Å²) in [5.41, 5.74) is 0.303. The van der Waals surface area contributed by atoms with Crippen LogP contribution in [0.5, 0.6) is 0 Å². The minimum Gasteiger partial charge on any atom is -0.481 e. The van der Waals surface area contributed by atoms with Gasteiger partial charge in [0.15, 0.2) is 5.78 Å². The predicted molar refractivity (Wildman–Crippen MR) is 57.2 cm³/mol. The Bertz CT molecular complexity index is 418. The van der Waals surface area contributed by atoms with Crippen LogP contribution in [0.25, 0.3) is 0 Å². The Morgan fingerprint density at radius 2 is 2.00 bits per heavy atom. The van der Waals surface area contributed by atoms with Gasteiger partial charge < -0.3 is 5.11 Å². The fraction of sp³-hybridized carbons (Fsp3) is 0.273. The summed E-state index contributed by atoms with van der Waals surface area (Å²) >= 11 is 5.52. The first-order valence-electron chi connectivity index (χ1n) is 4.70. The minimum absolute atomic E-state index is 0.0549. The van der Waals surface area contributed by atoms with E-state index in [9.17, 15) is 14.0 Å². The average Bonchev–Trinajstić information content (AvgIpc) is 2.21. The van der Waals surface area contributed by atoms with Crippen molar-refractivity contribution in [2.24, 2.45) is 0 Å². The molecule has 86 valence electrons. The molecule has 0 aliphatic carbocycles. The molecule has 0 aliphatic rings. The van der Waals surface area contributed by atoms with Gasteiger partial charge in [-0.2, -0.15) is 0 Å². The molecule has 0 saturated carbocycles. The summed E-state index contributed by atoms with van der Waals surface area (Å²) in [5, 5.41) is 8.29. The van der Waals surface area contributed by atoms with E-state index < -0.39 is 11.8 Å². The van der Waals surface area contributed by atoms with Crippen molar-refractivity contribution >= 4 is 23.4 Å². The molecule has 0 aliphatic heterocycles. The lowest BCUT2D eigenvalue weighted by Gasteiger charge is -2.01. The Hall–Kier alpha value is -1.42. The molecule has 0 heterocycles. The van der Waals surface area contributed by atoms with Crippen molar-refractivity contribution in [1.82, 2.24) is 0 Å². The third kappa shape index (κ3) is 3.62. The van der Waals surface area contributed by atoms with Crippen molar-refractivity contribution in [3.05, 3.63) is 34.6 Å². The topological polar surface area (TPSA) is 54.4 Å². The second kappa shape index (κ2) is 5.61. The summed E-state index contributed by atoms with van der Waals surface area (Å²) in [6.07, 6.45) is 0.331. The number of carboxylic acid groups (broad SMARTS) is 1. The number of carbonyl (C=O) groups excluding carboxylic acids is 1. The molecule has 0 atom stereocenters. The average molecular weight is 245 g/mol. The predicted octanol–water partition coefficient (Wildman–Crippen LogP) is 2.92. The fourth-order valence-corrected chi connectivity index (χ4v) is 1.39. The van der Waals surface area contributed by atoms with E-state index in [1.807, 2.05) is 0 Å². The van der Waals surface area contributed by atoms with Crippen LogP contribution in [0.1, 0.15) is 29.6 Å². The number of carboxylic acids is 1. The summed E-state index contributed by atoms with van der Waals surface area (Å²) in [4.78, 5) is 21.7. The summed E-state index contributed by atoms with van der Waals surface area (Å²) in [5.74, 6) is -1.75. The van der Waals surface area contributed by atoms with E-state index >= 15 is 0 Å². The Labute approximate surface area is 96.8 Å². The molecule has 0 spiro atoms. The number of hydrogen-bond donors (Lipinski definition) is 1. The smallest absolute Gasteiger partial charge is 0.303 e. The van der Waals surface area contributed by atoms with Crippen molar-refractivity contribution < 1.29 is 19.1 Å². The lowest BCUT2D eigenvalue weighted by Crippen LogP contribution is -2.02. The first kappa shape index (κ1) is 12.6. The fourth-order valence-electron chi connectivity index (χ4n) is 1.21. The number of Topliss-reactive ketones (excluding diaryl/α,β-unsaturated/α-hetero) is 1. The highest BCUT2D eigenvalue weighted by molar-refractivity contribution is 6.31. The molecule has 0 radical (unpaired) electrons. The van der Waals surface area contributed by atoms with Gasteiger partial charge in [0.25, 0.3) is 0 Å². The van der Waals surface area contributed by atoms with Gasteiger partial charge >= 0.3 is 5.97 Å². The molecule has 5 heteroatoms. The largest absolute Gasteiger partial charge is 0.481 e. The van der Waals surface area contributed by atoms with E-state index in [0.717, 1.165) is 6.07 Å². The Morgan fingerprint density at radius 1 is 1.31 bits per heavy atom. The molecule has 1 aromatic rings. The number of hydrogen-bond acceptors (Lipinski definition) is 2. The maximum atomic E-state index is 12.8. The van der Waals surface area contributed by atoms with E-state index in [1.54, 1.807) is 0 Å². The summed E-state index contributed by atoms with van der Waals surface area (Å²) in [7, 11) is 0. The normalized spacial score (nSPS) is 10.1.